The van der Waals surface area contributed by atoms with Crippen LogP contribution in [0.15, 0.2) is 29.6 Å². The summed E-state index contributed by atoms with van der Waals surface area (Å²) in [5.41, 5.74) is 1.82. The van der Waals surface area contributed by atoms with Crippen molar-refractivity contribution in [2.24, 2.45) is 11.8 Å². The van der Waals surface area contributed by atoms with Gasteiger partial charge in [0.15, 0.2) is 17.0 Å². The van der Waals surface area contributed by atoms with Crippen molar-refractivity contribution in [1.82, 2.24) is 34.2 Å². The van der Waals surface area contributed by atoms with Crippen LogP contribution in [0.1, 0.15) is 37.3 Å². The van der Waals surface area contributed by atoms with Crippen molar-refractivity contribution < 1.29 is 4.79 Å². The van der Waals surface area contributed by atoms with Gasteiger partial charge in [0.2, 0.25) is 0 Å². The van der Waals surface area contributed by atoms with E-state index >= 15 is 0 Å². The Kier molecular flexibility index (Phi) is 4.71. The molecule has 5 rings (SSSR count). The van der Waals surface area contributed by atoms with E-state index in [9.17, 15) is 9.59 Å². The molecular weight excluding hydrogens is 396 g/mol. The van der Waals surface area contributed by atoms with E-state index in [-0.39, 0.29) is 17.5 Å². The minimum Gasteiger partial charge on any atom is -0.354 e. The Morgan fingerprint density at radius 1 is 1.10 bits per heavy atom. The molecule has 0 N–H and O–H groups in total. The van der Waals surface area contributed by atoms with Gasteiger partial charge in [0, 0.05) is 50.6 Å². The van der Waals surface area contributed by atoms with Crippen molar-refractivity contribution in [2.45, 2.75) is 33.4 Å². The lowest BCUT2D eigenvalue weighted by Gasteiger charge is -2.22. The van der Waals surface area contributed by atoms with E-state index in [1.807, 2.05) is 29.6 Å². The minimum atomic E-state index is -0.192. The molecule has 3 aromatic heterocycles. The van der Waals surface area contributed by atoms with Crippen molar-refractivity contribution >= 4 is 22.9 Å². The van der Waals surface area contributed by atoms with Crippen LogP contribution in [-0.4, -0.2) is 66.3 Å². The van der Waals surface area contributed by atoms with E-state index in [0.29, 0.717) is 30.6 Å². The number of imidazole rings is 1. The molecule has 162 valence electrons. The largest absolute Gasteiger partial charge is 0.354 e. The van der Waals surface area contributed by atoms with Crippen LogP contribution in [0, 0.1) is 11.8 Å². The summed E-state index contributed by atoms with van der Waals surface area (Å²) in [6.45, 7) is 9.66. The molecule has 2 unspecified atom stereocenters. The Labute approximate surface area is 179 Å². The monoisotopic (exact) mass is 422 g/mol. The van der Waals surface area contributed by atoms with E-state index in [4.69, 9.17) is 0 Å². The first-order valence-corrected chi connectivity index (χ1v) is 10.8. The van der Waals surface area contributed by atoms with Gasteiger partial charge < -0.3 is 14.4 Å². The summed E-state index contributed by atoms with van der Waals surface area (Å²) in [6.07, 6.45) is 3.41. The van der Waals surface area contributed by atoms with Crippen molar-refractivity contribution in [3.63, 3.8) is 0 Å². The number of aromatic nitrogens is 6. The molecule has 3 aromatic rings. The van der Waals surface area contributed by atoms with Crippen LogP contribution in [0.5, 0.6) is 0 Å². The standard InChI is InChI=1S/C21H26N8O2/c1-4-26-12-24-18-19(26)22-11-23-20(18)27-7-14-9-28(10-15(14)8-27)21(31)16-5-6-17(30)29(25-16)13(2)3/h5-6,11-15H,4,7-10H2,1-3H3. The number of amides is 1. The molecule has 10 nitrogen and oxygen atoms in total. The fourth-order valence-electron chi connectivity index (χ4n) is 4.73. The van der Waals surface area contributed by atoms with Gasteiger partial charge in [-0.3, -0.25) is 9.59 Å². The summed E-state index contributed by atoms with van der Waals surface area (Å²) in [5, 5.41) is 4.29. The fourth-order valence-corrected chi connectivity index (χ4v) is 4.73. The highest BCUT2D eigenvalue weighted by atomic mass is 16.2. The van der Waals surface area contributed by atoms with Gasteiger partial charge in [-0.05, 0) is 26.8 Å². The minimum absolute atomic E-state index is 0.0901. The number of rotatable bonds is 4. The first kappa shape index (κ1) is 19.7. The topological polar surface area (TPSA) is 102 Å². The van der Waals surface area contributed by atoms with Crippen LogP contribution in [-0.2, 0) is 6.54 Å². The van der Waals surface area contributed by atoms with Crippen LogP contribution in [0.4, 0.5) is 5.82 Å². The second-order valence-corrected chi connectivity index (χ2v) is 8.63. The van der Waals surface area contributed by atoms with Crippen molar-refractivity contribution in [1.29, 1.82) is 0 Å². The van der Waals surface area contributed by atoms with Crippen molar-refractivity contribution in [3.05, 3.63) is 40.8 Å². The molecule has 31 heavy (non-hydrogen) atoms. The third-order valence-electron chi connectivity index (χ3n) is 6.33. The molecule has 2 aliphatic heterocycles. The van der Waals surface area contributed by atoms with Gasteiger partial charge in [-0.25, -0.2) is 19.6 Å². The average molecular weight is 422 g/mol. The quantitative estimate of drug-likeness (QED) is 0.622. The maximum atomic E-state index is 13.0. The zero-order valence-corrected chi connectivity index (χ0v) is 18.0. The molecule has 0 aliphatic carbocycles. The zero-order chi connectivity index (χ0) is 21.7. The SMILES string of the molecule is CCn1cnc2c(N3CC4CN(C(=O)c5ccc(=O)n(C(C)C)n5)CC4C3)ncnc21. The Hall–Kier alpha value is -3.30. The zero-order valence-electron chi connectivity index (χ0n) is 18.0. The molecule has 10 heteroatoms. The second kappa shape index (κ2) is 7.44. The molecule has 1 amide bonds. The maximum Gasteiger partial charge on any atom is 0.274 e. The Morgan fingerprint density at radius 3 is 2.52 bits per heavy atom. The van der Waals surface area contributed by atoms with E-state index in [2.05, 4.69) is 31.9 Å². The van der Waals surface area contributed by atoms with Gasteiger partial charge in [0.25, 0.3) is 11.5 Å². The summed E-state index contributed by atoms with van der Waals surface area (Å²) in [4.78, 5) is 42.6. The lowest BCUT2D eigenvalue weighted by molar-refractivity contribution is 0.0773. The highest BCUT2D eigenvalue weighted by molar-refractivity contribution is 5.92. The molecule has 5 heterocycles. The van der Waals surface area contributed by atoms with E-state index in [1.165, 1.54) is 16.8 Å². The Bertz CT molecular complexity index is 1190. The number of hydrogen-bond acceptors (Lipinski definition) is 7. The molecule has 0 saturated carbocycles. The number of likely N-dealkylation sites (tertiary alicyclic amines) is 1. The summed E-state index contributed by atoms with van der Waals surface area (Å²) < 4.78 is 3.38. The molecule has 2 fully saturated rings. The van der Waals surface area contributed by atoms with Gasteiger partial charge in [-0.1, -0.05) is 0 Å². The summed E-state index contributed by atoms with van der Waals surface area (Å²) >= 11 is 0. The van der Waals surface area contributed by atoms with Gasteiger partial charge in [0.1, 0.15) is 12.0 Å². The van der Waals surface area contributed by atoms with Crippen molar-refractivity contribution in [2.75, 3.05) is 31.1 Å². The third kappa shape index (κ3) is 3.26. The molecule has 2 saturated heterocycles. The predicted octanol–water partition coefficient (Wildman–Crippen LogP) is 1.19. The third-order valence-corrected chi connectivity index (χ3v) is 6.33. The van der Waals surface area contributed by atoms with Crippen LogP contribution < -0.4 is 10.5 Å². The van der Waals surface area contributed by atoms with Crippen LogP contribution in [0.3, 0.4) is 0 Å². The highest BCUT2D eigenvalue weighted by Crippen LogP contribution is 2.35. The number of carbonyl (C=O) groups is 1. The maximum absolute atomic E-state index is 13.0. The van der Waals surface area contributed by atoms with Gasteiger partial charge in [-0.15, -0.1) is 0 Å². The summed E-state index contributed by atoms with van der Waals surface area (Å²) in [7, 11) is 0. The fraction of sp³-hybridized carbons (Fsp3) is 0.524. The molecule has 0 aromatic carbocycles. The number of hydrogen-bond donors (Lipinski definition) is 0. The molecule has 0 spiro atoms. The Balaban J connectivity index is 1.32. The van der Waals surface area contributed by atoms with E-state index in [0.717, 1.165) is 36.6 Å². The molecule has 2 aliphatic rings. The first-order chi connectivity index (χ1) is 15.0. The predicted molar refractivity (Wildman–Crippen MR) is 115 cm³/mol. The van der Waals surface area contributed by atoms with Gasteiger partial charge in [-0.2, -0.15) is 5.10 Å². The lowest BCUT2D eigenvalue weighted by atomic mass is 10.0. The molecule has 0 bridgehead atoms. The van der Waals surface area contributed by atoms with Gasteiger partial charge in [0.05, 0.1) is 12.4 Å². The van der Waals surface area contributed by atoms with Crippen LogP contribution in [0.25, 0.3) is 11.2 Å². The summed E-state index contributed by atoms with van der Waals surface area (Å²) in [5.74, 6) is 1.51. The van der Waals surface area contributed by atoms with Crippen molar-refractivity contribution in [3.8, 4) is 0 Å². The van der Waals surface area contributed by atoms with E-state index < -0.39 is 0 Å². The Morgan fingerprint density at radius 2 is 1.84 bits per heavy atom. The van der Waals surface area contributed by atoms with Crippen LogP contribution in [0.2, 0.25) is 0 Å². The highest BCUT2D eigenvalue weighted by Gasteiger charge is 2.43. The first-order valence-electron chi connectivity index (χ1n) is 10.8. The normalized spacial score (nSPS) is 20.8. The van der Waals surface area contributed by atoms with Crippen LogP contribution >= 0.6 is 0 Å². The van der Waals surface area contributed by atoms with Gasteiger partial charge >= 0.3 is 0 Å². The molecular formula is C21H26N8O2. The number of nitrogens with zero attached hydrogens (tertiary/aromatic N) is 8. The smallest absolute Gasteiger partial charge is 0.274 e. The number of anilines is 1. The molecule has 0 radical (unpaired) electrons. The number of carbonyl (C=O) groups excluding carboxylic acids is 1. The summed E-state index contributed by atoms with van der Waals surface area (Å²) in [6, 6.07) is 2.87. The average Bonchev–Trinajstić information content (AvgIpc) is 3.45. The second-order valence-electron chi connectivity index (χ2n) is 8.63. The van der Waals surface area contributed by atoms with E-state index in [1.54, 1.807) is 6.33 Å². The lowest BCUT2D eigenvalue weighted by Crippen LogP contribution is -2.35. The number of fused-ring (bicyclic) bond motifs is 2. The number of aryl methyl sites for hydroxylation is 1. The molecule has 2 atom stereocenters.